The fourth-order valence-electron chi connectivity index (χ4n) is 2.94. The average molecular weight is 390 g/mol. The highest BCUT2D eigenvalue weighted by atomic mass is 79.9. The molecule has 126 valence electrons. The normalized spacial score (nSPS) is 17.1. The van der Waals surface area contributed by atoms with Crippen LogP contribution in [0.15, 0.2) is 51.9 Å². The van der Waals surface area contributed by atoms with E-state index in [1.807, 2.05) is 12.1 Å². The highest BCUT2D eigenvalue weighted by Gasteiger charge is 2.23. The van der Waals surface area contributed by atoms with E-state index in [1.54, 1.807) is 19.3 Å². The van der Waals surface area contributed by atoms with Crippen LogP contribution in [-0.2, 0) is 7.05 Å². The number of hydrogen-bond donors (Lipinski definition) is 1. The largest absolute Gasteiger partial charge is 0.371 e. The van der Waals surface area contributed by atoms with Gasteiger partial charge in [0, 0.05) is 54.7 Å². The highest BCUT2D eigenvalue weighted by Crippen LogP contribution is 2.25. The minimum atomic E-state index is -0.186. The molecule has 0 radical (unpaired) electrons. The summed E-state index contributed by atoms with van der Waals surface area (Å²) >= 11 is 3.50. The van der Waals surface area contributed by atoms with Crippen LogP contribution < -0.4 is 15.8 Å². The summed E-state index contributed by atoms with van der Waals surface area (Å²) in [5, 5.41) is 2.95. The lowest BCUT2D eigenvalue weighted by atomic mass is 10.1. The van der Waals surface area contributed by atoms with E-state index >= 15 is 0 Å². The summed E-state index contributed by atoms with van der Waals surface area (Å²) in [7, 11) is 1.67. The number of pyridine rings is 1. The van der Waals surface area contributed by atoms with Crippen LogP contribution in [0.3, 0.4) is 0 Å². The summed E-state index contributed by atoms with van der Waals surface area (Å²) in [5.41, 5.74) is 1.44. The number of aryl methyl sites for hydroxylation is 1. The second-order valence-corrected chi connectivity index (χ2v) is 7.07. The van der Waals surface area contributed by atoms with Gasteiger partial charge in [0.2, 0.25) is 0 Å². The fourth-order valence-corrected chi connectivity index (χ4v) is 3.32. The molecule has 1 aliphatic rings. The van der Waals surface area contributed by atoms with Gasteiger partial charge in [0.1, 0.15) is 0 Å². The van der Waals surface area contributed by atoms with Crippen molar-refractivity contribution in [2.24, 2.45) is 13.0 Å². The molecule has 0 spiro atoms. The van der Waals surface area contributed by atoms with Crippen LogP contribution in [0.4, 0.5) is 5.69 Å². The predicted molar refractivity (Wildman–Crippen MR) is 98.5 cm³/mol. The van der Waals surface area contributed by atoms with E-state index in [9.17, 15) is 9.59 Å². The lowest BCUT2D eigenvalue weighted by Gasteiger charge is -2.19. The van der Waals surface area contributed by atoms with Gasteiger partial charge in [-0.15, -0.1) is 0 Å². The zero-order valence-corrected chi connectivity index (χ0v) is 15.1. The van der Waals surface area contributed by atoms with Gasteiger partial charge in [0.25, 0.3) is 11.5 Å². The van der Waals surface area contributed by atoms with E-state index in [0.717, 1.165) is 24.0 Å². The third-order valence-corrected chi connectivity index (χ3v) is 4.87. The number of hydrogen-bond acceptors (Lipinski definition) is 3. The van der Waals surface area contributed by atoms with Crippen molar-refractivity contribution in [1.29, 1.82) is 0 Å². The molecule has 1 N–H and O–H groups in total. The molecule has 2 heterocycles. The van der Waals surface area contributed by atoms with E-state index in [-0.39, 0.29) is 11.5 Å². The quantitative estimate of drug-likeness (QED) is 0.873. The molecule has 1 unspecified atom stereocenters. The Morgan fingerprint density at radius 2 is 2.17 bits per heavy atom. The van der Waals surface area contributed by atoms with Crippen molar-refractivity contribution in [3.8, 4) is 0 Å². The molecule has 2 aromatic rings. The topological polar surface area (TPSA) is 54.3 Å². The van der Waals surface area contributed by atoms with Gasteiger partial charge >= 0.3 is 0 Å². The number of rotatable bonds is 4. The Hall–Kier alpha value is -2.08. The zero-order chi connectivity index (χ0) is 17.1. The van der Waals surface area contributed by atoms with E-state index in [1.165, 1.54) is 16.3 Å². The van der Waals surface area contributed by atoms with Crippen molar-refractivity contribution in [3.05, 3.63) is 63.0 Å². The number of nitrogens with zero attached hydrogens (tertiary/aromatic N) is 2. The number of carbonyl (C=O) groups excluding carboxylic acids is 1. The van der Waals surface area contributed by atoms with Crippen molar-refractivity contribution in [2.75, 3.05) is 24.5 Å². The Balaban J connectivity index is 1.55. The van der Waals surface area contributed by atoms with Gasteiger partial charge in [-0.25, -0.2) is 0 Å². The summed E-state index contributed by atoms with van der Waals surface area (Å²) < 4.78 is 2.52. The first kappa shape index (κ1) is 16.8. The smallest absolute Gasteiger partial charge is 0.251 e. The molecule has 1 saturated heterocycles. The van der Waals surface area contributed by atoms with E-state index < -0.39 is 0 Å². The van der Waals surface area contributed by atoms with Crippen LogP contribution in [-0.4, -0.2) is 30.1 Å². The Morgan fingerprint density at radius 1 is 1.33 bits per heavy atom. The van der Waals surface area contributed by atoms with Crippen molar-refractivity contribution < 1.29 is 4.79 Å². The summed E-state index contributed by atoms with van der Waals surface area (Å²) in [6.45, 7) is 2.54. The van der Waals surface area contributed by atoms with E-state index in [4.69, 9.17) is 0 Å². The van der Waals surface area contributed by atoms with Crippen molar-refractivity contribution in [3.63, 3.8) is 0 Å². The zero-order valence-electron chi connectivity index (χ0n) is 13.5. The first-order valence-electron chi connectivity index (χ1n) is 7.98. The third-order valence-electron chi connectivity index (χ3n) is 4.38. The molecule has 6 heteroatoms. The van der Waals surface area contributed by atoms with Crippen LogP contribution in [0.25, 0.3) is 0 Å². The lowest BCUT2D eigenvalue weighted by Crippen LogP contribution is -2.32. The van der Waals surface area contributed by atoms with Crippen LogP contribution in [0.2, 0.25) is 0 Å². The van der Waals surface area contributed by atoms with Gasteiger partial charge in [-0.3, -0.25) is 9.59 Å². The molecule has 1 aromatic carbocycles. The second kappa shape index (κ2) is 7.21. The summed E-state index contributed by atoms with van der Waals surface area (Å²) in [5.74, 6) is 0.230. The monoisotopic (exact) mass is 389 g/mol. The Bertz CT molecular complexity index is 803. The summed E-state index contributed by atoms with van der Waals surface area (Å²) in [4.78, 5) is 26.1. The molecule has 0 aliphatic carbocycles. The summed E-state index contributed by atoms with van der Waals surface area (Å²) in [6, 6.07) is 11.3. The minimum Gasteiger partial charge on any atom is -0.371 e. The molecular formula is C18H20BrN3O2. The Kier molecular flexibility index (Phi) is 5.04. The van der Waals surface area contributed by atoms with Gasteiger partial charge in [-0.05, 0) is 36.6 Å². The van der Waals surface area contributed by atoms with E-state index in [0.29, 0.717) is 18.0 Å². The number of benzene rings is 1. The Morgan fingerprint density at radius 3 is 2.92 bits per heavy atom. The lowest BCUT2D eigenvalue weighted by molar-refractivity contribution is 0.0948. The molecule has 5 nitrogen and oxygen atoms in total. The molecule has 1 aliphatic heterocycles. The highest BCUT2D eigenvalue weighted by molar-refractivity contribution is 9.10. The van der Waals surface area contributed by atoms with Gasteiger partial charge < -0.3 is 14.8 Å². The maximum absolute atomic E-state index is 12.2. The van der Waals surface area contributed by atoms with Crippen molar-refractivity contribution in [1.82, 2.24) is 9.88 Å². The molecule has 24 heavy (non-hydrogen) atoms. The van der Waals surface area contributed by atoms with Crippen molar-refractivity contribution in [2.45, 2.75) is 6.42 Å². The van der Waals surface area contributed by atoms with Gasteiger partial charge in [-0.1, -0.05) is 22.0 Å². The molecule has 1 atom stereocenters. The number of anilines is 1. The number of nitrogens with one attached hydrogen (secondary N) is 1. The molecular weight excluding hydrogens is 370 g/mol. The molecule has 0 bridgehead atoms. The second-order valence-electron chi connectivity index (χ2n) is 6.16. The van der Waals surface area contributed by atoms with Gasteiger partial charge in [-0.2, -0.15) is 0 Å². The van der Waals surface area contributed by atoms with Crippen LogP contribution in [0.1, 0.15) is 16.8 Å². The van der Waals surface area contributed by atoms with Crippen LogP contribution >= 0.6 is 15.9 Å². The minimum absolute atomic E-state index is 0.177. The number of amides is 1. The number of aromatic nitrogens is 1. The first-order chi connectivity index (χ1) is 11.5. The fraction of sp³-hybridized carbons (Fsp3) is 0.333. The molecule has 1 fully saturated rings. The summed E-state index contributed by atoms with van der Waals surface area (Å²) in [6.07, 6.45) is 2.66. The van der Waals surface area contributed by atoms with Crippen molar-refractivity contribution >= 4 is 27.5 Å². The van der Waals surface area contributed by atoms with Crippen LogP contribution in [0.5, 0.6) is 0 Å². The predicted octanol–water partition coefficient (Wildman–Crippen LogP) is 2.40. The maximum Gasteiger partial charge on any atom is 0.251 e. The Labute approximate surface area is 149 Å². The molecule has 0 saturated carbocycles. The number of halogens is 1. The molecule has 3 rings (SSSR count). The molecule has 1 amide bonds. The SMILES string of the molecule is Cn1ccc(C(=O)NCC2CCN(c3cccc(Br)c3)C2)cc1=O. The standard InChI is InChI=1S/C18H20BrN3O2/c1-21-7-6-14(9-17(21)23)18(24)20-11-13-5-8-22(12-13)16-4-2-3-15(19)10-16/h2-4,6-7,9-10,13H,5,8,11-12H2,1H3,(H,20,24). The van der Waals surface area contributed by atoms with E-state index in [2.05, 4.69) is 38.3 Å². The van der Waals surface area contributed by atoms with Gasteiger partial charge in [0.05, 0.1) is 0 Å². The molecule has 1 aromatic heterocycles. The average Bonchev–Trinajstić information content (AvgIpc) is 3.04. The maximum atomic E-state index is 12.2. The first-order valence-corrected chi connectivity index (χ1v) is 8.77. The third kappa shape index (κ3) is 3.87. The van der Waals surface area contributed by atoms with Gasteiger partial charge in [0.15, 0.2) is 0 Å². The van der Waals surface area contributed by atoms with Crippen LogP contribution in [0, 0.1) is 5.92 Å². The number of carbonyl (C=O) groups is 1.